The largest absolute Gasteiger partial charge is 0.426 e. The van der Waals surface area contributed by atoms with E-state index in [1.165, 1.54) is 13.1 Å². The van der Waals surface area contributed by atoms with Crippen LogP contribution in [0.3, 0.4) is 0 Å². The quantitative estimate of drug-likeness (QED) is 0.405. The highest BCUT2D eigenvalue weighted by Crippen LogP contribution is 2.30. The Balaban J connectivity index is 1.94. The number of amides is 1. The van der Waals surface area contributed by atoms with Crippen LogP contribution < -0.4 is 4.74 Å². The summed E-state index contributed by atoms with van der Waals surface area (Å²) in [6.07, 6.45) is 5.53. The molecule has 0 spiro atoms. The summed E-state index contributed by atoms with van der Waals surface area (Å²) >= 11 is 0. The number of nitrogens with one attached hydrogen (secondary N) is 1. The zero-order chi connectivity index (χ0) is 17.3. The molecule has 1 aromatic heterocycles. The lowest BCUT2D eigenvalue weighted by Crippen LogP contribution is -2.39. The van der Waals surface area contributed by atoms with Gasteiger partial charge in [-0.3, -0.25) is 14.4 Å². The molecule has 1 fully saturated rings. The zero-order valence-electron chi connectivity index (χ0n) is 13.8. The second-order valence-corrected chi connectivity index (χ2v) is 6.16. The van der Waals surface area contributed by atoms with Crippen molar-refractivity contribution in [1.29, 1.82) is 0 Å². The number of fused-ring (bicyclic) bond motifs is 1. The van der Waals surface area contributed by atoms with E-state index in [1.54, 1.807) is 30.1 Å². The van der Waals surface area contributed by atoms with Crippen molar-refractivity contribution in [3.63, 3.8) is 0 Å². The number of hydrogen-bond acceptors (Lipinski definition) is 4. The highest BCUT2D eigenvalue weighted by atomic mass is 16.5. The van der Waals surface area contributed by atoms with Gasteiger partial charge in [0.25, 0.3) is 11.7 Å². The second-order valence-electron chi connectivity index (χ2n) is 6.16. The fraction of sp³-hybridized carbons (Fsp3) is 0.389. The Hall–Kier alpha value is -2.63. The van der Waals surface area contributed by atoms with E-state index >= 15 is 0 Å². The third kappa shape index (κ3) is 2.91. The number of rotatable bonds is 4. The number of carbonyl (C=O) groups is 3. The van der Waals surface area contributed by atoms with E-state index in [9.17, 15) is 14.4 Å². The molecule has 24 heavy (non-hydrogen) atoms. The van der Waals surface area contributed by atoms with Crippen LogP contribution in [0.1, 0.15) is 43.0 Å². The number of H-pyrrole nitrogens is 1. The highest BCUT2D eigenvalue weighted by molar-refractivity contribution is 6.45. The number of likely N-dealkylation sites (N-methyl/N-ethyl adjacent to an activating group) is 1. The monoisotopic (exact) mass is 328 g/mol. The van der Waals surface area contributed by atoms with Gasteiger partial charge in [0.1, 0.15) is 5.75 Å². The normalized spacial score (nSPS) is 14.8. The summed E-state index contributed by atoms with van der Waals surface area (Å²) < 4.78 is 5.18. The van der Waals surface area contributed by atoms with Gasteiger partial charge < -0.3 is 14.6 Å². The van der Waals surface area contributed by atoms with Crippen molar-refractivity contribution >= 4 is 28.6 Å². The summed E-state index contributed by atoms with van der Waals surface area (Å²) in [4.78, 5) is 41.1. The van der Waals surface area contributed by atoms with Gasteiger partial charge in [0.05, 0.1) is 10.9 Å². The molecule has 2 aromatic rings. The average Bonchev–Trinajstić information content (AvgIpc) is 3.22. The number of ether oxygens (including phenoxy) is 1. The lowest BCUT2D eigenvalue weighted by Gasteiger charge is -2.23. The minimum atomic E-state index is -0.588. The molecule has 1 heterocycles. The van der Waals surface area contributed by atoms with Crippen LogP contribution in [0.2, 0.25) is 0 Å². The molecule has 6 nitrogen and oxygen atoms in total. The smallest absolute Gasteiger partial charge is 0.308 e. The van der Waals surface area contributed by atoms with Crippen LogP contribution in [-0.4, -0.2) is 40.6 Å². The van der Waals surface area contributed by atoms with Crippen molar-refractivity contribution in [3.05, 3.63) is 30.0 Å². The molecule has 1 saturated carbocycles. The van der Waals surface area contributed by atoms with Crippen molar-refractivity contribution in [2.45, 2.75) is 38.6 Å². The topological polar surface area (TPSA) is 79.5 Å². The number of benzene rings is 1. The second kappa shape index (κ2) is 6.47. The van der Waals surface area contributed by atoms with E-state index < -0.39 is 17.7 Å². The maximum Gasteiger partial charge on any atom is 0.308 e. The van der Waals surface area contributed by atoms with Crippen molar-refractivity contribution in [2.75, 3.05) is 7.05 Å². The van der Waals surface area contributed by atoms with Gasteiger partial charge in [-0.05, 0) is 25.0 Å². The maximum absolute atomic E-state index is 12.7. The fourth-order valence-electron chi connectivity index (χ4n) is 3.30. The predicted molar refractivity (Wildman–Crippen MR) is 89.0 cm³/mol. The van der Waals surface area contributed by atoms with Crippen molar-refractivity contribution in [3.8, 4) is 5.75 Å². The van der Waals surface area contributed by atoms with Crippen LogP contribution in [0.5, 0.6) is 5.75 Å². The molecular weight excluding hydrogens is 308 g/mol. The third-order valence-corrected chi connectivity index (χ3v) is 4.55. The number of carbonyl (C=O) groups excluding carboxylic acids is 3. The molecule has 6 heteroatoms. The first-order valence-corrected chi connectivity index (χ1v) is 8.09. The summed E-state index contributed by atoms with van der Waals surface area (Å²) in [6, 6.07) is 5.22. The van der Waals surface area contributed by atoms with Crippen LogP contribution in [0, 0.1) is 0 Å². The molecule has 1 aliphatic rings. The van der Waals surface area contributed by atoms with Gasteiger partial charge >= 0.3 is 5.97 Å². The van der Waals surface area contributed by atoms with Gasteiger partial charge in [-0.2, -0.15) is 0 Å². The Morgan fingerprint density at radius 2 is 1.92 bits per heavy atom. The molecular formula is C18H20N2O4. The van der Waals surface area contributed by atoms with Crippen molar-refractivity contribution in [1.82, 2.24) is 9.88 Å². The zero-order valence-corrected chi connectivity index (χ0v) is 13.8. The van der Waals surface area contributed by atoms with E-state index in [-0.39, 0.29) is 17.4 Å². The van der Waals surface area contributed by atoms with Crippen LogP contribution in [0.4, 0.5) is 0 Å². The Bertz CT molecular complexity index is 802. The Labute approximate surface area is 139 Å². The van der Waals surface area contributed by atoms with Gasteiger partial charge in [-0.1, -0.05) is 18.9 Å². The number of Topliss-reactive ketones (excluding diaryl/α,β-unsaturated/α-hetero) is 1. The molecule has 0 aliphatic heterocycles. The van der Waals surface area contributed by atoms with E-state index in [4.69, 9.17) is 4.74 Å². The van der Waals surface area contributed by atoms with Gasteiger partial charge in [-0.25, -0.2) is 0 Å². The fourth-order valence-corrected chi connectivity index (χ4v) is 3.30. The number of nitrogens with zero attached hydrogens (tertiary/aromatic N) is 1. The Morgan fingerprint density at radius 1 is 1.21 bits per heavy atom. The first-order valence-electron chi connectivity index (χ1n) is 8.09. The minimum absolute atomic E-state index is 0.125. The number of aromatic nitrogens is 1. The first kappa shape index (κ1) is 16.2. The predicted octanol–water partition coefficient (Wildman–Crippen LogP) is 2.68. The highest BCUT2D eigenvalue weighted by Gasteiger charge is 2.30. The molecule has 0 atom stereocenters. The lowest BCUT2D eigenvalue weighted by molar-refractivity contribution is -0.131. The number of ketones is 1. The average molecular weight is 328 g/mol. The summed E-state index contributed by atoms with van der Waals surface area (Å²) in [7, 11) is 1.68. The molecule has 3 rings (SSSR count). The van der Waals surface area contributed by atoms with Crippen molar-refractivity contribution in [2.24, 2.45) is 0 Å². The SMILES string of the molecule is CC(=O)Oc1cccc2[nH]cc(C(=O)C(=O)N(C)C3CCCC3)c12. The standard InChI is InChI=1S/C18H20N2O4/c1-11(21)24-15-9-5-8-14-16(15)13(10-19-14)17(22)18(23)20(2)12-6-3-4-7-12/h5,8-10,12,19H,3-4,6-7H2,1-2H3. The van der Waals surface area contributed by atoms with Gasteiger partial charge in [0.2, 0.25) is 0 Å². The van der Waals surface area contributed by atoms with Gasteiger partial charge in [0.15, 0.2) is 0 Å². The van der Waals surface area contributed by atoms with E-state index in [0.29, 0.717) is 10.9 Å². The van der Waals surface area contributed by atoms with E-state index in [1.807, 2.05) is 0 Å². The Kier molecular flexibility index (Phi) is 4.38. The van der Waals surface area contributed by atoms with Crippen LogP contribution in [0.15, 0.2) is 24.4 Å². The lowest BCUT2D eigenvalue weighted by atomic mass is 10.1. The van der Waals surface area contributed by atoms with Crippen molar-refractivity contribution < 1.29 is 19.1 Å². The summed E-state index contributed by atoms with van der Waals surface area (Å²) in [5.41, 5.74) is 0.880. The van der Waals surface area contributed by atoms with Crippen LogP contribution >= 0.6 is 0 Å². The van der Waals surface area contributed by atoms with E-state index in [2.05, 4.69) is 4.98 Å². The molecule has 1 aliphatic carbocycles. The van der Waals surface area contributed by atoms with Gasteiger partial charge in [0, 0.05) is 31.7 Å². The Morgan fingerprint density at radius 3 is 2.58 bits per heavy atom. The molecule has 1 aromatic carbocycles. The van der Waals surface area contributed by atoms with Gasteiger partial charge in [-0.15, -0.1) is 0 Å². The first-order chi connectivity index (χ1) is 11.5. The molecule has 126 valence electrons. The minimum Gasteiger partial charge on any atom is -0.426 e. The van der Waals surface area contributed by atoms with Crippen LogP contribution in [-0.2, 0) is 9.59 Å². The molecule has 0 unspecified atom stereocenters. The summed E-state index contributed by atoms with van der Waals surface area (Å²) in [5, 5.41) is 0.464. The molecule has 0 bridgehead atoms. The molecule has 1 amide bonds. The summed E-state index contributed by atoms with van der Waals surface area (Å²) in [6.45, 7) is 1.30. The molecule has 0 saturated heterocycles. The maximum atomic E-state index is 12.7. The number of aromatic amines is 1. The summed E-state index contributed by atoms with van der Waals surface area (Å²) in [5.74, 6) is -1.31. The number of hydrogen-bond donors (Lipinski definition) is 1. The number of esters is 1. The van der Waals surface area contributed by atoms with Crippen LogP contribution in [0.25, 0.3) is 10.9 Å². The molecule has 1 N–H and O–H groups in total. The molecule has 0 radical (unpaired) electrons. The van der Waals surface area contributed by atoms with E-state index in [0.717, 1.165) is 25.7 Å². The third-order valence-electron chi connectivity index (χ3n) is 4.55.